The Morgan fingerprint density at radius 2 is 1.65 bits per heavy atom. The highest BCUT2D eigenvalue weighted by Gasteiger charge is 2.06. The first-order valence-electron chi connectivity index (χ1n) is 6.97. The molecule has 0 aliphatic carbocycles. The van der Waals surface area contributed by atoms with Crippen molar-refractivity contribution in [1.82, 2.24) is 0 Å². The maximum absolute atomic E-state index is 11.9. The van der Waals surface area contributed by atoms with E-state index in [2.05, 4.69) is 5.32 Å². The zero-order chi connectivity index (χ0) is 16.7. The molecule has 23 heavy (non-hydrogen) atoms. The second-order valence-corrected chi connectivity index (χ2v) is 4.86. The number of carboxylic acid groups (broad SMARTS) is 1. The molecule has 0 saturated carbocycles. The summed E-state index contributed by atoms with van der Waals surface area (Å²) < 4.78 is 10.5. The summed E-state index contributed by atoms with van der Waals surface area (Å²) in [5, 5.41) is 11.2. The largest absolute Gasteiger partial charge is 0.484 e. The summed E-state index contributed by atoms with van der Waals surface area (Å²) in [7, 11) is 0. The molecule has 0 atom stereocenters. The van der Waals surface area contributed by atoms with Crippen LogP contribution < -0.4 is 14.8 Å². The van der Waals surface area contributed by atoms with Crippen LogP contribution in [0.4, 0.5) is 5.69 Å². The van der Waals surface area contributed by atoms with Crippen molar-refractivity contribution in [3.05, 3.63) is 54.1 Å². The van der Waals surface area contributed by atoms with E-state index in [9.17, 15) is 9.59 Å². The second-order valence-electron chi connectivity index (χ2n) is 4.86. The van der Waals surface area contributed by atoms with Crippen molar-refractivity contribution in [2.24, 2.45) is 0 Å². The first-order chi connectivity index (χ1) is 11.0. The van der Waals surface area contributed by atoms with Crippen molar-refractivity contribution < 1.29 is 24.2 Å². The second kappa shape index (κ2) is 7.84. The molecule has 2 aromatic rings. The van der Waals surface area contributed by atoms with Crippen molar-refractivity contribution in [3.8, 4) is 11.5 Å². The fourth-order valence-electron chi connectivity index (χ4n) is 1.86. The van der Waals surface area contributed by atoms with Crippen molar-refractivity contribution >= 4 is 17.6 Å². The molecule has 0 saturated heterocycles. The average molecular weight is 315 g/mol. The molecule has 2 aromatic carbocycles. The Morgan fingerprint density at radius 1 is 1.00 bits per heavy atom. The number of amides is 1. The van der Waals surface area contributed by atoms with Gasteiger partial charge in [0.1, 0.15) is 11.5 Å². The number of rotatable bonds is 7. The zero-order valence-corrected chi connectivity index (χ0v) is 12.6. The van der Waals surface area contributed by atoms with E-state index in [0.717, 1.165) is 5.56 Å². The molecule has 6 nitrogen and oxygen atoms in total. The number of hydrogen-bond acceptors (Lipinski definition) is 4. The number of carboxylic acids is 1. The molecule has 0 aliphatic rings. The Balaban J connectivity index is 1.87. The van der Waals surface area contributed by atoms with Crippen LogP contribution in [-0.2, 0) is 9.59 Å². The fourth-order valence-corrected chi connectivity index (χ4v) is 1.86. The van der Waals surface area contributed by atoms with Crippen LogP contribution in [0.1, 0.15) is 5.56 Å². The van der Waals surface area contributed by atoms with E-state index in [1.54, 1.807) is 30.3 Å². The summed E-state index contributed by atoms with van der Waals surface area (Å²) in [5.74, 6) is -0.392. The first-order valence-corrected chi connectivity index (χ1v) is 6.97. The van der Waals surface area contributed by atoms with E-state index >= 15 is 0 Å². The summed E-state index contributed by atoms with van der Waals surface area (Å²) >= 11 is 0. The van der Waals surface area contributed by atoms with Gasteiger partial charge in [-0.1, -0.05) is 18.2 Å². The van der Waals surface area contributed by atoms with Crippen molar-refractivity contribution in [2.45, 2.75) is 6.92 Å². The van der Waals surface area contributed by atoms with E-state index in [1.807, 2.05) is 25.1 Å². The van der Waals surface area contributed by atoms with Crippen LogP contribution >= 0.6 is 0 Å². The SMILES string of the molecule is Cc1cccc(OCC(=O)Nc2cccc(OCC(=O)O)c2)c1. The van der Waals surface area contributed by atoms with E-state index in [4.69, 9.17) is 14.6 Å². The molecule has 2 rings (SSSR count). The Morgan fingerprint density at radius 3 is 2.35 bits per heavy atom. The molecule has 120 valence electrons. The molecule has 0 aromatic heterocycles. The van der Waals surface area contributed by atoms with E-state index in [1.165, 1.54) is 0 Å². The Kier molecular flexibility index (Phi) is 5.57. The predicted molar refractivity (Wildman–Crippen MR) is 84.9 cm³/mol. The van der Waals surface area contributed by atoms with Crippen LogP contribution in [0.25, 0.3) is 0 Å². The third-order valence-corrected chi connectivity index (χ3v) is 2.84. The number of anilines is 1. The number of aryl methyl sites for hydroxylation is 1. The van der Waals surface area contributed by atoms with Gasteiger partial charge < -0.3 is 19.9 Å². The number of aliphatic carboxylic acids is 1. The lowest BCUT2D eigenvalue weighted by atomic mass is 10.2. The number of carbonyl (C=O) groups excluding carboxylic acids is 1. The number of carbonyl (C=O) groups is 2. The molecule has 1 amide bonds. The van der Waals surface area contributed by atoms with Crippen LogP contribution in [0.2, 0.25) is 0 Å². The maximum Gasteiger partial charge on any atom is 0.341 e. The van der Waals surface area contributed by atoms with E-state index < -0.39 is 12.6 Å². The third kappa shape index (κ3) is 5.70. The summed E-state index contributed by atoms with van der Waals surface area (Å²) in [6.07, 6.45) is 0. The van der Waals surface area contributed by atoms with Crippen LogP contribution in [0, 0.1) is 6.92 Å². The molecule has 0 bridgehead atoms. The quantitative estimate of drug-likeness (QED) is 0.820. The van der Waals surface area contributed by atoms with Crippen LogP contribution in [0.5, 0.6) is 11.5 Å². The normalized spacial score (nSPS) is 9.96. The lowest BCUT2D eigenvalue weighted by Crippen LogP contribution is -2.20. The number of benzene rings is 2. The van der Waals surface area contributed by atoms with Gasteiger partial charge >= 0.3 is 5.97 Å². The number of ether oxygens (including phenoxy) is 2. The lowest BCUT2D eigenvalue weighted by Gasteiger charge is -2.09. The topological polar surface area (TPSA) is 84.9 Å². The zero-order valence-electron chi connectivity index (χ0n) is 12.6. The lowest BCUT2D eigenvalue weighted by molar-refractivity contribution is -0.139. The molecule has 0 aliphatic heterocycles. The van der Waals surface area contributed by atoms with Gasteiger partial charge in [-0.3, -0.25) is 4.79 Å². The smallest absolute Gasteiger partial charge is 0.341 e. The van der Waals surface area contributed by atoms with Gasteiger partial charge in [-0.25, -0.2) is 4.79 Å². The molecular weight excluding hydrogens is 298 g/mol. The minimum atomic E-state index is -1.06. The summed E-state index contributed by atoms with van der Waals surface area (Å²) in [4.78, 5) is 22.3. The molecule has 0 radical (unpaired) electrons. The fraction of sp³-hybridized carbons (Fsp3) is 0.176. The van der Waals surface area contributed by atoms with Crippen LogP contribution in [0.15, 0.2) is 48.5 Å². The van der Waals surface area contributed by atoms with Gasteiger partial charge in [0.15, 0.2) is 13.2 Å². The van der Waals surface area contributed by atoms with Gasteiger partial charge in [-0.15, -0.1) is 0 Å². The summed E-state index contributed by atoms with van der Waals surface area (Å²) in [6.45, 7) is 1.38. The van der Waals surface area contributed by atoms with Crippen LogP contribution in [0.3, 0.4) is 0 Å². The predicted octanol–water partition coefficient (Wildman–Crippen LogP) is 2.48. The minimum Gasteiger partial charge on any atom is -0.484 e. The molecule has 0 unspecified atom stereocenters. The Hall–Kier alpha value is -3.02. The first kappa shape index (κ1) is 16.4. The molecule has 0 heterocycles. The van der Waals surface area contributed by atoms with Gasteiger partial charge in [-0.05, 0) is 36.8 Å². The van der Waals surface area contributed by atoms with Gasteiger partial charge in [0.2, 0.25) is 0 Å². The Bertz CT molecular complexity index is 699. The maximum atomic E-state index is 11.9. The highest BCUT2D eigenvalue weighted by Crippen LogP contribution is 2.17. The van der Waals surface area contributed by atoms with Crippen molar-refractivity contribution in [3.63, 3.8) is 0 Å². The molecule has 6 heteroatoms. The Labute approximate surface area is 133 Å². The number of nitrogens with one attached hydrogen (secondary N) is 1. The van der Waals surface area contributed by atoms with Crippen LogP contribution in [-0.4, -0.2) is 30.2 Å². The molecule has 0 fully saturated rings. The third-order valence-electron chi connectivity index (χ3n) is 2.84. The average Bonchev–Trinajstić information content (AvgIpc) is 2.51. The highest BCUT2D eigenvalue weighted by atomic mass is 16.5. The molecule has 0 spiro atoms. The molecular formula is C17H17NO5. The van der Waals surface area contributed by atoms with Gasteiger partial charge in [0.05, 0.1) is 0 Å². The molecule has 2 N–H and O–H groups in total. The van der Waals surface area contributed by atoms with Gasteiger partial charge in [0, 0.05) is 11.8 Å². The van der Waals surface area contributed by atoms with Gasteiger partial charge in [0.25, 0.3) is 5.91 Å². The highest BCUT2D eigenvalue weighted by molar-refractivity contribution is 5.92. The summed E-state index contributed by atoms with van der Waals surface area (Å²) in [6, 6.07) is 13.9. The van der Waals surface area contributed by atoms with Crippen molar-refractivity contribution in [2.75, 3.05) is 18.5 Å². The monoisotopic (exact) mass is 315 g/mol. The van der Waals surface area contributed by atoms with Gasteiger partial charge in [-0.2, -0.15) is 0 Å². The standard InChI is InChI=1S/C17H17NO5/c1-12-4-2-6-14(8-12)22-10-16(19)18-13-5-3-7-15(9-13)23-11-17(20)21/h2-9H,10-11H2,1H3,(H,18,19)(H,20,21). The summed E-state index contributed by atoms with van der Waals surface area (Å²) in [5.41, 5.74) is 1.55. The van der Waals surface area contributed by atoms with E-state index in [0.29, 0.717) is 17.2 Å². The minimum absolute atomic E-state index is 0.121. The van der Waals surface area contributed by atoms with Crippen molar-refractivity contribution in [1.29, 1.82) is 0 Å². The van der Waals surface area contributed by atoms with E-state index in [-0.39, 0.29) is 12.5 Å². The number of hydrogen-bond donors (Lipinski definition) is 2.